The molecule has 0 radical (unpaired) electrons. The van der Waals surface area contributed by atoms with Crippen LogP contribution in [0.3, 0.4) is 0 Å². The maximum Gasteiger partial charge on any atom is 0.411 e. The number of ether oxygens (including phenoxy) is 2. The van der Waals surface area contributed by atoms with Crippen molar-refractivity contribution in [1.82, 2.24) is 4.90 Å². The van der Waals surface area contributed by atoms with Gasteiger partial charge in [-0.25, -0.2) is 9.59 Å². The normalized spacial score (nSPS) is 20.0. The zero-order valence-electron chi connectivity index (χ0n) is 10.7. The quantitative estimate of drug-likeness (QED) is 0.518. The van der Waals surface area contributed by atoms with Crippen molar-refractivity contribution in [3.05, 3.63) is 12.2 Å². The summed E-state index contributed by atoms with van der Waals surface area (Å²) in [5.74, 6) is -0.452. The fourth-order valence-corrected chi connectivity index (χ4v) is 1.53. The summed E-state index contributed by atoms with van der Waals surface area (Å²) in [6.45, 7) is 5.83. The lowest BCUT2D eigenvalue weighted by molar-refractivity contribution is -0.145. The van der Waals surface area contributed by atoms with Crippen LogP contribution in [-0.4, -0.2) is 42.3 Å². The largest absolute Gasteiger partial charge is 0.467 e. The molecule has 1 aliphatic heterocycles. The van der Waals surface area contributed by atoms with Crippen LogP contribution in [0, 0.1) is 0 Å². The third kappa shape index (κ3) is 3.76. The van der Waals surface area contributed by atoms with E-state index in [2.05, 4.69) is 4.74 Å². The number of hydrogen-bond donors (Lipinski definition) is 0. The van der Waals surface area contributed by atoms with Gasteiger partial charge in [0.2, 0.25) is 0 Å². The lowest BCUT2D eigenvalue weighted by Crippen LogP contribution is -2.48. The Kier molecular flexibility index (Phi) is 4.15. The summed E-state index contributed by atoms with van der Waals surface area (Å²) < 4.78 is 9.91. The molecule has 5 heteroatoms. The molecule has 0 aromatic heterocycles. The Morgan fingerprint density at radius 3 is 2.53 bits per heavy atom. The monoisotopic (exact) mass is 241 g/mol. The van der Waals surface area contributed by atoms with Gasteiger partial charge in [-0.1, -0.05) is 12.2 Å². The van der Waals surface area contributed by atoms with Gasteiger partial charge in [-0.05, 0) is 27.2 Å². The van der Waals surface area contributed by atoms with E-state index >= 15 is 0 Å². The van der Waals surface area contributed by atoms with Crippen molar-refractivity contribution in [3.8, 4) is 0 Å². The summed E-state index contributed by atoms with van der Waals surface area (Å²) in [6, 6.07) is -0.677. The Hall–Kier alpha value is -1.52. The Bertz CT molecular complexity index is 330. The average molecular weight is 241 g/mol. The Labute approximate surface area is 101 Å². The average Bonchev–Trinajstić information content (AvgIpc) is 2.25. The van der Waals surface area contributed by atoms with E-state index in [9.17, 15) is 9.59 Å². The first kappa shape index (κ1) is 13.5. The molecule has 96 valence electrons. The first-order chi connectivity index (χ1) is 7.85. The van der Waals surface area contributed by atoms with E-state index in [0.717, 1.165) is 0 Å². The first-order valence-electron chi connectivity index (χ1n) is 5.59. The summed E-state index contributed by atoms with van der Waals surface area (Å²) >= 11 is 0. The molecule has 1 unspecified atom stereocenters. The predicted octanol–water partition coefficient (Wildman–Crippen LogP) is 1.72. The third-order valence-corrected chi connectivity index (χ3v) is 2.26. The van der Waals surface area contributed by atoms with Crippen molar-refractivity contribution >= 4 is 12.1 Å². The van der Waals surface area contributed by atoms with Crippen LogP contribution < -0.4 is 0 Å². The molecule has 0 aromatic carbocycles. The maximum atomic E-state index is 11.9. The SMILES string of the molecule is COC(=O)C1C=CCCN1C(=O)OC(C)(C)C. The van der Waals surface area contributed by atoms with Crippen molar-refractivity contribution in [1.29, 1.82) is 0 Å². The second kappa shape index (κ2) is 5.21. The number of nitrogens with zero attached hydrogens (tertiary/aromatic N) is 1. The highest BCUT2D eigenvalue weighted by molar-refractivity contribution is 5.83. The van der Waals surface area contributed by atoms with Gasteiger partial charge in [0.25, 0.3) is 0 Å². The number of methoxy groups -OCH3 is 1. The molecule has 0 saturated carbocycles. The topological polar surface area (TPSA) is 55.8 Å². The van der Waals surface area contributed by atoms with Gasteiger partial charge in [-0.2, -0.15) is 0 Å². The number of hydrogen-bond acceptors (Lipinski definition) is 4. The van der Waals surface area contributed by atoms with Crippen LogP contribution in [0.15, 0.2) is 12.2 Å². The molecule has 1 atom stereocenters. The standard InChI is InChI=1S/C12H19NO4/c1-12(2,3)17-11(15)13-8-6-5-7-9(13)10(14)16-4/h5,7,9H,6,8H2,1-4H3. The van der Waals surface area contributed by atoms with Crippen LogP contribution >= 0.6 is 0 Å². The van der Waals surface area contributed by atoms with Crippen LogP contribution in [-0.2, 0) is 14.3 Å². The zero-order chi connectivity index (χ0) is 13.1. The van der Waals surface area contributed by atoms with Gasteiger partial charge in [0, 0.05) is 6.54 Å². The second-order valence-electron chi connectivity index (χ2n) is 4.86. The van der Waals surface area contributed by atoms with E-state index < -0.39 is 23.7 Å². The summed E-state index contributed by atoms with van der Waals surface area (Å²) in [4.78, 5) is 24.8. The second-order valence-corrected chi connectivity index (χ2v) is 4.86. The molecule has 0 aromatic rings. The summed E-state index contributed by atoms with van der Waals surface area (Å²) in [5.41, 5.74) is -0.571. The fourth-order valence-electron chi connectivity index (χ4n) is 1.53. The highest BCUT2D eigenvalue weighted by atomic mass is 16.6. The highest BCUT2D eigenvalue weighted by Crippen LogP contribution is 2.16. The molecular formula is C12H19NO4. The third-order valence-electron chi connectivity index (χ3n) is 2.26. The van der Waals surface area contributed by atoms with Crippen LogP contribution in [0.1, 0.15) is 27.2 Å². The Morgan fingerprint density at radius 1 is 1.35 bits per heavy atom. The first-order valence-corrected chi connectivity index (χ1v) is 5.59. The minimum Gasteiger partial charge on any atom is -0.467 e. The Balaban J connectivity index is 2.77. The molecule has 0 bridgehead atoms. The van der Waals surface area contributed by atoms with Gasteiger partial charge < -0.3 is 9.47 Å². The van der Waals surface area contributed by atoms with Crippen molar-refractivity contribution < 1.29 is 19.1 Å². The van der Waals surface area contributed by atoms with Crippen molar-refractivity contribution in [3.63, 3.8) is 0 Å². The smallest absolute Gasteiger partial charge is 0.411 e. The van der Waals surface area contributed by atoms with Crippen molar-refractivity contribution in [2.45, 2.75) is 38.8 Å². The molecule has 0 saturated heterocycles. The van der Waals surface area contributed by atoms with Crippen LogP contribution in [0.5, 0.6) is 0 Å². The summed E-state index contributed by atoms with van der Waals surface area (Å²) in [7, 11) is 1.30. The van der Waals surface area contributed by atoms with E-state index in [1.54, 1.807) is 26.8 Å². The molecule has 1 aliphatic rings. The molecule has 0 spiro atoms. The number of esters is 1. The number of carbonyl (C=O) groups is 2. The van der Waals surface area contributed by atoms with E-state index in [1.807, 2.05) is 6.08 Å². The lowest BCUT2D eigenvalue weighted by Gasteiger charge is -2.32. The van der Waals surface area contributed by atoms with Gasteiger partial charge in [0.05, 0.1) is 7.11 Å². The molecule has 5 nitrogen and oxygen atoms in total. The molecule has 1 amide bonds. The molecule has 0 fully saturated rings. The number of rotatable bonds is 1. The summed E-state index contributed by atoms with van der Waals surface area (Å²) in [6.07, 6.45) is 3.76. The van der Waals surface area contributed by atoms with E-state index in [0.29, 0.717) is 13.0 Å². The van der Waals surface area contributed by atoms with E-state index in [1.165, 1.54) is 12.0 Å². The van der Waals surface area contributed by atoms with Gasteiger partial charge in [0.15, 0.2) is 6.04 Å². The predicted molar refractivity (Wildman–Crippen MR) is 62.5 cm³/mol. The number of carbonyl (C=O) groups excluding carboxylic acids is 2. The van der Waals surface area contributed by atoms with Crippen LogP contribution in [0.4, 0.5) is 4.79 Å². The van der Waals surface area contributed by atoms with Crippen molar-refractivity contribution in [2.75, 3.05) is 13.7 Å². The Morgan fingerprint density at radius 2 is 2.00 bits per heavy atom. The van der Waals surface area contributed by atoms with Gasteiger partial charge in [-0.15, -0.1) is 0 Å². The molecule has 1 rings (SSSR count). The van der Waals surface area contributed by atoms with Gasteiger partial charge in [0.1, 0.15) is 5.60 Å². The van der Waals surface area contributed by atoms with Crippen LogP contribution in [0.25, 0.3) is 0 Å². The minimum absolute atomic E-state index is 0.452. The maximum absolute atomic E-state index is 11.9. The minimum atomic E-state index is -0.677. The summed E-state index contributed by atoms with van der Waals surface area (Å²) in [5, 5.41) is 0. The number of amides is 1. The molecular weight excluding hydrogens is 222 g/mol. The zero-order valence-corrected chi connectivity index (χ0v) is 10.7. The van der Waals surface area contributed by atoms with Crippen LogP contribution in [0.2, 0.25) is 0 Å². The van der Waals surface area contributed by atoms with Gasteiger partial charge >= 0.3 is 12.1 Å². The highest BCUT2D eigenvalue weighted by Gasteiger charge is 2.32. The van der Waals surface area contributed by atoms with Crippen molar-refractivity contribution in [2.24, 2.45) is 0 Å². The van der Waals surface area contributed by atoms with E-state index in [-0.39, 0.29) is 0 Å². The molecule has 1 heterocycles. The molecule has 17 heavy (non-hydrogen) atoms. The lowest BCUT2D eigenvalue weighted by atomic mass is 10.1. The van der Waals surface area contributed by atoms with Gasteiger partial charge in [-0.3, -0.25) is 4.90 Å². The fraction of sp³-hybridized carbons (Fsp3) is 0.667. The molecule has 0 aliphatic carbocycles. The van der Waals surface area contributed by atoms with E-state index in [4.69, 9.17) is 4.74 Å². The molecule has 0 N–H and O–H groups in total.